The number of likely N-dealkylation sites (N-methyl/N-ethyl adjacent to an activating group) is 1. The molecule has 106 valence electrons. The van der Waals surface area contributed by atoms with Crippen LogP contribution < -0.4 is 0 Å². The summed E-state index contributed by atoms with van der Waals surface area (Å²) >= 11 is 0. The average molecular weight is 267 g/mol. The van der Waals surface area contributed by atoms with Gasteiger partial charge in [0.25, 0.3) is 0 Å². The van der Waals surface area contributed by atoms with Crippen LogP contribution in [0, 0.1) is 13.8 Å². The normalized spacial score (nSPS) is 14.0. The Hall–Kier alpha value is -1.85. The van der Waals surface area contributed by atoms with Crippen LogP contribution in [0.4, 0.5) is 0 Å². The molecule has 0 bridgehead atoms. The smallest absolute Gasteiger partial charge is 0.326 e. The molecule has 1 rings (SSSR count). The van der Waals surface area contributed by atoms with E-state index in [1.165, 1.54) is 18.9 Å². The Balaban J connectivity index is 3.03. The molecule has 19 heavy (non-hydrogen) atoms. The summed E-state index contributed by atoms with van der Waals surface area (Å²) in [6, 6.07) is -0.841. The molecule has 0 aliphatic heterocycles. The number of aryl methyl sites for hydroxylation is 2. The fourth-order valence-electron chi connectivity index (χ4n) is 2.20. The van der Waals surface area contributed by atoms with Gasteiger partial charge in [0.1, 0.15) is 6.04 Å². The van der Waals surface area contributed by atoms with Crippen molar-refractivity contribution >= 4 is 11.9 Å². The first-order chi connectivity index (χ1) is 8.68. The number of rotatable bonds is 4. The third kappa shape index (κ3) is 2.77. The highest BCUT2D eigenvalue weighted by molar-refractivity contribution is 5.87. The molecule has 1 N–H and O–H groups in total. The molecule has 0 radical (unpaired) electrons. The lowest BCUT2D eigenvalue weighted by Crippen LogP contribution is -2.42. The highest BCUT2D eigenvalue weighted by Gasteiger charge is 2.29. The van der Waals surface area contributed by atoms with Gasteiger partial charge in [-0.25, -0.2) is 4.79 Å². The minimum absolute atomic E-state index is 0.214. The highest BCUT2D eigenvalue weighted by atomic mass is 16.4. The van der Waals surface area contributed by atoms with Gasteiger partial charge in [0, 0.05) is 25.4 Å². The minimum atomic E-state index is -1.01. The number of amides is 1. The third-order valence-corrected chi connectivity index (χ3v) is 3.65. The van der Waals surface area contributed by atoms with Gasteiger partial charge >= 0.3 is 5.97 Å². The van der Waals surface area contributed by atoms with Crippen molar-refractivity contribution in [2.75, 3.05) is 7.05 Å². The van der Waals surface area contributed by atoms with Gasteiger partial charge in [-0.3, -0.25) is 9.48 Å². The van der Waals surface area contributed by atoms with Crippen molar-refractivity contribution in [2.24, 2.45) is 7.05 Å². The Morgan fingerprint density at radius 1 is 1.32 bits per heavy atom. The lowest BCUT2D eigenvalue weighted by molar-refractivity contribution is -0.148. The summed E-state index contributed by atoms with van der Waals surface area (Å²) in [5.41, 5.74) is 2.60. The molecule has 0 aliphatic carbocycles. The molecule has 0 spiro atoms. The Kier molecular flexibility index (Phi) is 4.34. The third-order valence-electron chi connectivity index (χ3n) is 3.65. The molecule has 6 nitrogen and oxygen atoms in total. The van der Waals surface area contributed by atoms with Crippen molar-refractivity contribution < 1.29 is 14.7 Å². The van der Waals surface area contributed by atoms with Crippen molar-refractivity contribution in [1.29, 1.82) is 0 Å². The summed E-state index contributed by atoms with van der Waals surface area (Å²) in [7, 11) is 3.34. The zero-order valence-electron chi connectivity index (χ0n) is 12.3. The maximum Gasteiger partial charge on any atom is 0.326 e. The van der Waals surface area contributed by atoms with Gasteiger partial charge in [0.15, 0.2) is 0 Å². The van der Waals surface area contributed by atoms with Gasteiger partial charge in [0.05, 0.1) is 11.6 Å². The molecule has 0 saturated heterocycles. The Labute approximate surface area is 113 Å². The van der Waals surface area contributed by atoms with E-state index in [4.69, 9.17) is 5.11 Å². The van der Waals surface area contributed by atoms with Gasteiger partial charge in [-0.05, 0) is 27.7 Å². The number of carboxylic acid groups (broad SMARTS) is 1. The lowest BCUT2D eigenvalue weighted by Gasteiger charge is -2.25. The highest BCUT2D eigenvalue weighted by Crippen LogP contribution is 2.24. The van der Waals surface area contributed by atoms with Crippen LogP contribution in [-0.4, -0.2) is 44.8 Å². The Morgan fingerprint density at radius 2 is 1.84 bits per heavy atom. The van der Waals surface area contributed by atoms with E-state index in [9.17, 15) is 9.59 Å². The van der Waals surface area contributed by atoms with E-state index in [2.05, 4.69) is 5.10 Å². The molecule has 0 aliphatic rings. The van der Waals surface area contributed by atoms with Crippen LogP contribution >= 0.6 is 0 Å². The van der Waals surface area contributed by atoms with Crippen molar-refractivity contribution in [1.82, 2.24) is 14.7 Å². The van der Waals surface area contributed by atoms with Crippen molar-refractivity contribution in [3.05, 3.63) is 17.0 Å². The van der Waals surface area contributed by atoms with Gasteiger partial charge < -0.3 is 10.0 Å². The number of hydrogen-bond donors (Lipinski definition) is 1. The van der Waals surface area contributed by atoms with Crippen LogP contribution in [0.5, 0.6) is 0 Å². The average Bonchev–Trinajstić information content (AvgIpc) is 2.59. The molecule has 1 aromatic rings. The first-order valence-electron chi connectivity index (χ1n) is 6.18. The van der Waals surface area contributed by atoms with E-state index < -0.39 is 17.9 Å². The molecule has 0 saturated carbocycles. The van der Waals surface area contributed by atoms with Crippen LogP contribution in [0.1, 0.15) is 36.7 Å². The molecular weight excluding hydrogens is 246 g/mol. The van der Waals surface area contributed by atoms with E-state index in [0.29, 0.717) is 0 Å². The van der Waals surface area contributed by atoms with E-state index in [-0.39, 0.29) is 5.91 Å². The van der Waals surface area contributed by atoms with Gasteiger partial charge in [-0.1, -0.05) is 0 Å². The van der Waals surface area contributed by atoms with Crippen LogP contribution in [0.2, 0.25) is 0 Å². The van der Waals surface area contributed by atoms with Gasteiger partial charge in [-0.2, -0.15) is 5.10 Å². The molecule has 2 unspecified atom stereocenters. The number of carbonyl (C=O) groups excluding carboxylic acids is 1. The predicted octanol–water partition coefficient (Wildman–Crippen LogP) is 1.07. The fraction of sp³-hybridized carbons (Fsp3) is 0.615. The maximum absolute atomic E-state index is 12.3. The maximum atomic E-state index is 12.3. The Morgan fingerprint density at radius 3 is 2.21 bits per heavy atom. The van der Waals surface area contributed by atoms with E-state index >= 15 is 0 Å². The summed E-state index contributed by atoms with van der Waals surface area (Å²) in [6.07, 6.45) is 0. The van der Waals surface area contributed by atoms with Crippen LogP contribution in [0.15, 0.2) is 0 Å². The molecule has 1 amide bonds. The second-order valence-electron chi connectivity index (χ2n) is 4.89. The van der Waals surface area contributed by atoms with Gasteiger partial charge in [-0.15, -0.1) is 0 Å². The molecule has 0 aromatic carbocycles. The summed E-state index contributed by atoms with van der Waals surface area (Å²) < 4.78 is 1.73. The monoisotopic (exact) mass is 267 g/mol. The van der Waals surface area contributed by atoms with Crippen LogP contribution in [-0.2, 0) is 16.6 Å². The zero-order valence-corrected chi connectivity index (χ0v) is 12.3. The van der Waals surface area contributed by atoms with Crippen molar-refractivity contribution in [3.63, 3.8) is 0 Å². The largest absolute Gasteiger partial charge is 0.480 e. The minimum Gasteiger partial charge on any atom is -0.480 e. The molecule has 1 heterocycles. The zero-order chi connectivity index (χ0) is 14.9. The second kappa shape index (κ2) is 5.42. The first-order valence-corrected chi connectivity index (χ1v) is 6.18. The van der Waals surface area contributed by atoms with Crippen molar-refractivity contribution in [2.45, 2.75) is 39.7 Å². The summed E-state index contributed by atoms with van der Waals surface area (Å²) in [6.45, 7) is 7.03. The second-order valence-corrected chi connectivity index (χ2v) is 4.89. The number of aliphatic carboxylic acids is 1. The van der Waals surface area contributed by atoms with Crippen molar-refractivity contribution in [3.8, 4) is 0 Å². The Bertz CT molecular complexity index is 507. The number of aromatic nitrogens is 2. The summed E-state index contributed by atoms with van der Waals surface area (Å²) in [5.74, 6) is -1.63. The molecular formula is C13H21N3O3. The number of carbonyl (C=O) groups is 2. The summed E-state index contributed by atoms with van der Waals surface area (Å²) in [4.78, 5) is 24.5. The topological polar surface area (TPSA) is 75.4 Å². The molecule has 1 aromatic heterocycles. The molecule has 0 fully saturated rings. The van der Waals surface area contributed by atoms with Crippen LogP contribution in [0.3, 0.4) is 0 Å². The first kappa shape index (κ1) is 15.2. The number of nitrogens with zero attached hydrogens (tertiary/aromatic N) is 3. The van der Waals surface area contributed by atoms with Gasteiger partial charge in [0.2, 0.25) is 5.91 Å². The SMILES string of the molecule is Cc1nn(C)c(C)c1C(C)C(=O)N(C)C(C)C(=O)O. The van der Waals surface area contributed by atoms with E-state index in [1.54, 1.807) is 11.6 Å². The molecule has 2 atom stereocenters. The fourth-order valence-corrected chi connectivity index (χ4v) is 2.20. The van der Waals surface area contributed by atoms with E-state index in [1.807, 2.05) is 20.9 Å². The predicted molar refractivity (Wildman–Crippen MR) is 71.0 cm³/mol. The van der Waals surface area contributed by atoms with E-state index in [0.717, 1.165) is 17.0 Å². The quantitative estimate of drug-likeness (QED) is 0.885. The lowest BCUT2D eigenvalue weighted by atomic mass is 9.97. The summed E-state index contributed by atoms with van der Waals surface area (Å²) in [5, 5.41) is 13.2. The van der Waals surface area contributed by atoms with Crippen LogP contribution in [0.25, 0.3) is 0 Å². The molecule has 6 heteroatoms. The number of carboxylic acids is 1. The number of hydrogen-bond acceptors (Lipinski definition) is 3. The standard InChI is InChI=1S/C13H21N3O3/c1-7(11-8(2)14-16(6)9(11)3)12(17)15(5)10(4)13(18)19/h7,10H,1-6H3,(H,18,19).